The molecule has 0 radical (unpaired) electrons. The summed E-state index contributed by atoms with van der Waals surface area (Å²) in [6.07, 6.45) is 6.46. The Morgan fingerprint density at radius 3 is 2.52 bits per heavy atom. The van der Waals surface area contributed by atoms with E-state index >= 15 is 0 Å². The minimum absolute atomic E-state index is 0.0427. The molecular formula is C24H30ClNO2S. The number of amides is 1. The zero-order valence-corrected chi connectivity index (χ0v) is 19.0. The molecule has 0 unspecified atom stereocenters. The van der Waals surface area contributed by atoms with Gasteiger partial charge in [-0.3, -0.25) is 4.79 Å². The van der Waals surface area contributed by atoms with Gasteiger partial charge in [-0.1, -0.05) is 67.3 Å². The van der Waals surface area contributed by atoms with E-state index in [2.05, 4.69) is 0 Å². The molecule has 29 heavy (non-hydrogen) atoms. The van der Waals surface area contributed by atoms with Crippen LogP contribution in [0.2, 0.25) is 5.02 Å². The molecule has 1 amide bonds. The Balaban J connectivity index is 1.81. The molecule has 1 aliphatic carbocycles. The van der Waals surface area contributed by atoms with Crippen LogP contribution in [-0.2, 0) is 10.4 Å². The highest BCUT2D eigenvalue weighted by Crippen LogP contribution is 2.38. The van der Waals surface area contributed by atoms with E-state index < -0.39 is 5.60 Å². The number of carbonyl (C=O) groups excluding carboxylic acids is 1. The number of likely N-dealkylation sites (N-methyl/N-ethyl adjacent to an activating group) is 1. The minimum atomic E-state index is -1.10. The summed E-state index contributed by atoms with van der Waals surface area (Å²) in [5.74, 6) is 0.400. The summed E-state index contributed by atoms with van der Waals surface area (Å²) >= 11 is 8.05. The van der Waals surface area contributed by atoms with Crippen LogP contribution in [0.15, 0.2) is 53.4 Å². The van der Waals surface area contributed by atoms with Crippen LogP contribution in [0, 0.1) is 5.92 Å². The highest BCUT2D eigenvalue weighted by Gasteiger charge is 2.33. The Morgan fingerprint density at radius 1 is 1.28 bits per heavy atom. The molecule has 0 bridgehead atoms. The molecule has 1 saturated carbocycles. The molecule has 0 aromatic heterocycles. The molecule has 1 fully saturated rings. The van der Waals surface area contributed by atoms with E-state index in [0.29, 0.717) is 10.9 Å². The van der Waals surface area contributed by atoms with Gasteiger partial charge in [0.25, 0.3) is 0 Å². The summed E-state index contributed by atoms with van der Waals surface area (Å²) < 4.78 is 0. The van der Waals surface area contributed by atoms with Crippen LogP contribution in [0.1, 0.15) is 49.7 Å². The van der Waals surface area contributed by atoms with Crippen LogP contribution in [0.3, 0.4) is 0 Å². The fourth-order valence-corrected chi connectivity index (χ4v) is 4.91. The third kappa shape index (κ3) is 5.36. The van der Waals surface area contributed by atoms with Crippen LogP contribution < -0.4 is 0 Å². The Labute approximate surface area is 183 Å². The van der Waals surface area contributed by atoms with Crippen molar-refractivity contribution in [3.63, 3.8) is 0 Å². The van der Waals surface area contributed by atoms with Gasteiger partial charge in [-0.15, -0.1) is 11.8 Å². The van der Waals surface area contributed by atoms with Crippen LogP contribution >= 0.6 is 23.4 Å². The van der Waals surface area contributed by atoms with E-state index in [1.54, 1.807) is 30.6 Å². The Bertz CT molecular complexity index is 836. The van der Waals surface area contributed by atoms with Crippen LogP contribution in [0.25, 0.3) is 0 Å². The molecular weight excluding hydrogens is 402 g/mol. The average Bonchev–Trinajstić information content (AvgIpc) is 2.67. The second-order valence-electron chi connectivity index (χ2n) is 8.31. The molecule has 5 heteroatoms. The van der Waals surface area contributed by atoms with Crippen molar-refractivity contribution in [3.8, 4) is 0 Å². The van der Waals surface area contributed by atoms with Gasteiger partial charge in [-0.05, 0) is 48.8 Å². The molecule has 1 aliphatic rings. The number of nitrogens with zero attached hydrogens (tertiary/aromatic N) is 1. The van der Waals surface area contributed by atoms with E-state index in [-0.39, 0.29) is 18.4 Å². The van der Waals surface area contributed by atoms with Crippen LogP contribution in [0.4, 0.5) is 0 Å². The fourth-order valence-electron chi connectivity index (χ4n) is 4.03. The fraction of sp³-hybridized carbons (Fsp3) is 0.458. The molecule has 0 heterocycles. The molecule has 156 valence electrons. The first kappa shape index (κ1) is 22.2. The largest absolute Gasteiger partial charge is 0.384 e. The lowest BCUT2D eigenvalue weighted by Gasteiger charge is -2.34. The molecule has 0 aliphatic heterocycles. The number of benzene rings is 2. The number of thioether (sulfide) groups is 1. The first-order valence-corrected chi connectivity index (χ1v) is 11.8. The topological polar surface area (TPSA) is 40.5 Å². The lowest BCUT2D eigenvalue weighted by molar-refractivity contribution is -0.135. The summed E-state index contributed by atoms with van der Waals surface area (Å²) in [6.45, 7) is 2.00. The van der Waals surface area contributed by atoms with Gasteiger partial charge < -0.3 is 10.0 Å². The standard InChI is InChI=1S/C24H30ClNO2S/c1-24(28,19-10-5-4-6-11-19)16-26(2)23(27)20(14-17-8-7-9-17)18-12-13-22(29-3)21(25)15-18/h4-6,10-13,15,17,20,28H,7-9,14,16H2,1-3H3/t20-,24+/m1/s1. The average molecular weight is 432 g/mol. The molecule has 0 saturated heterocycles. The van der Waals surface area contributed by atoms with Gasteiger partial charge in [0.2, 0.25) is 5.91 Å². The summed E-state index contributed by atoms with van der Waals surface area (Å²) in [6, 6.07) is 15.5. The normalized spacial score (nSPS) is 17.3. The number of rotatable bonds is 8. The van der Waals surface area contributed by atoms with Crippen molar-refractivity contribution in [1.29, 1.82) is 0 Å². The summed E-state index contributed by atoms with van der Waals surface area (Å²) in [5.41, 5.74) is 0.672. The summed E-state index contributed by atoms with van der Waals surface area (Å²) in [5, 5.41) is 11.7. The van der Waals surface area contributed by atoms with E-state index in [0.717, 1.165) is 22.4 Å². The Kier molecular flexibility index (Phi) is 7.31. The van der Waals surface area contributed by atoms with Crippen molar-refractivity contribution in [1.82, 2.24) is 4.90 Å². The van der Waals surface area contributed by atoms with E-state index in [1.165, 1.54) is 19.3 Å². The molecule has 2 aromatic rings. The van der Waals surface area contributed by atoms with Gasteiger partial charge in [0, 0.05) is 11.9 Å². The van der Waals surface area contributed by atoms with Gasteiger partial charge in [-0.25, -0.2) is 0 Å². The highest BCUT2D eigenvalue weighted by molar-refractivity contribution is 7.98. The smallest absolute Gasteiger partial charge is 0.229 e. The van der Waals surface area contributed by atoms with Crippen molar-refractivity contribution in [3.05, 3.63) is 64.7 Å². The number of carbonyl (C=O) groups is 1. The minimum Gasteiger partial charge on any atom is -0.384 e. The third-order valence-electron chi connectivity index (χ3n) is 5.99. The quantitative estimate of drug-likeness (QED) is 0.545. The Morgan fingerprint density at radius 2 is 1.97 bits per heavy atom. The predicted molar refractivity (Wildman–Crippen MR) is 122 cm³/mol. The molecule has 2 aromatic carbocycles. The maximum Gasteiger partial charge on any atom is 0.229 e. The molecule has 2 atom stereocenters. The monoisotopic (exact) mass is 431 g/mol. The molecule has 3 rings (SSSR count). The maximum absolute atomic E-state index is 13.5. The van der Waals surface area contributed by atoms with Gasteiger partial charge >= 0.3 is 0 Å². The van der Waals surface area contributed by atoms with Gasteiger partial charge in [0.1, 0.15) is 5.60 Å². The van der Waals surface area contributed by atoms with Crippen molar-refractivity contribution in [2.75, 3.05) is 19.8 Å². The van der Waals surface area contributed by atoms with Crippen molar-refractivity contribution in [2.24, 2.45) is 5.92 Å². The van der Waals surface area contributed by atoms with Gasteiger partial charge in [0.15, 0.2) is 0 Å². The second-order valence-corrected chi connectivity index (χ2v) is 9.57. The lowest BCUT2D eigenvalue weighted by Crippen LogP contribution is -2.42. The van der Waals surface area contributed by atoms with Crippen LogP contribution in [-0.4, -0.2) is 35.8 Å². The van der Waals surface area contributed by atoms with Crippen LogP contribution in [0.5, 0.6) is 0 Å². The molecule has 0 spiro atoms. The predicted octanol–water partition coefficient (Wildman–Crippen LogP) is 5.70. The van der Waals surface area contributed by atoms with Gasteiger partial charge in [0.05, 0.1) is 17.5 Å². The van der Waals surface area contributed by atoms with E-state index in [4.69, 9.17) is 11.6 Å². The lowest BCUT2D eigenvalue weighted by atomic mass is 9.76. The summed E-state index contributed by atoms with van der Waals surface area (Å²) in [4.78, 5) is 16.2. The number of aliphatic hydroxyl groups is 1. The van der Waals surface area contributed by atoms with Crippen molar-refractivity contribution >= 4 is 29.3 Å². The number of halogens is 1. The SMILES string of the molecule is CSc1ccc([C@@H](CC2CCC2)C(=O)N(C)C[C@](C)(O)c2ccccc2)cc1Cl. The number of hydrogen-bond acceptors (Lipinski definition) is 3. The van der Waals surface area contributed by atoms with Gasteiger partial charge in [-0.2, -0.15) is 0 Å². The molecule has 1 N–H and O–H groups in total. The Hall–Kier alpha value is -1.49. The first-order chi connectivity index (χ1) is 13.8. The maximum atomic E-state index is 13.5. The van der Waals surface area contributed by atoms with Crippen molar-refractivity contribution < 1.29 is 9.90 Å². The first-order valence-electron chi connectivity index (χ1n) is 10.2. The zero-order valence-electron chi connectivity index (χ0n) is 17.4. The third-order valence-corrected chi connectivity index (χ3v) is 7.21. The van der Waals surface area contributed by atoms with Crippen molar-refractivity contribution in [2.45, 2.75) is 49.0 Å². The highest BCUT2D eigenvalue weighted by atomic mass is 35.5. The molecule has 3 nitrogen and oxygen atoms in total. The van der Waals surface area contributed by atoms with E-state index in [9.17, 15) is 9.90 Å². The second kappa shape index (κ2) is 9.55. The zero-order chi connectivity index (χ0) is 21.0. The number of hydrogen-bond donors (Lipinski definition) is 1. The summed E-state index contributed by atoms with van der Waals surface area (Å²) in [7, 11) is 1.78. The van der Waals surface area contributed by atoms with E-state index in [1.807, 2.05) is 54.8 Å².